The molecule has 0 bridgehead atoms. The van der Waals surface area contributed by atoms with Gasteiger partial charge in [0.05, 0.1) is 0 Å². The molecule has 4 aromatic carbocycles. The van der Waals surface area contributed by atoms with Crippen LogP contribution in [0.3, 0.4) is 0 Å². The molecule has 4 aromatic rings. The zero-order valence-corrected chi connectivity index (χ0v) is 24.3. The maximum atomic E-state index is 3.30. The molecule has 0 fully saturated rings. The Hall–Kier alpha value is -2.31. The minimum absolute atomic E-state index is 0. The molecule has 2 aliphatic rings. The first-order valence-corrected chi connectivity index (χ1v) is 13.1. The smallest absolute Gasteiger partial charge is 0.0253 e. The average Bonchev–Trinajstić information content (AvgIpc) is 3.50. The number of hydrogen-bond donors (Lipinski definition) is 0. The van der Waals surface area contributed by atoms with E-state index in [1.807, 2.05) is 18.2 Å². The molecule has 1 atom stereocenters. The maximum absolute atomic E-state index is 3.30. The van der Waals surface area contributed by atoms with Crippen molar-refractivity contribution in [2.45, 2.75) is 19.8 Å². The number of fused-ring (bicyclic) bond motifs is 3. The van der Waals surface area contributed by atoms with Crippen LogP contribution in [0.4, 0.5) is 0 Å². The fraction of sp³-hybridized carbons (Fsp3) is 0.121. The van der Waals surface area contributed by atoms with Gasteiger partial charge in [0.1, 0.15) is 0 Å². The summed E-state index contributed by atoms with van der Waals surface area (Å²) in [6.07, 6.45) is 9.72. The van der Waals surface area contributed by atoms with Crippen molar-refractivity contribution in [2.75, 3.05) is 0 Å². The van der Waals surface area contributed by atoms with Crippen LogP contribution in [0.5, 0.6) is 0 Å². The number of benzene rings is 4. The van der Waals surface area contributed by atoms with Gasteiger partial charge in [-0.05, 0) is 6.42 Å². The van der Waals surface area contributed by atoms with Gasteiger partial charge >= 0.3 is 70.3 Å². The summed E-state index contributed by atoms with van der Waals surface area (Å²) in [7, 11) is 0. The summed E-state index contributed by atoms with van der Waals surface area (Å²) in [5.74, 6) is 0.472. The fourth-order valence-electron chi connectivity index (χ4n) is 4.13. The van der Waals surface area contributed by atoms with Crippen molar-refractivity contribution in [3.05, 3.63) is 150 Å². The summed E-state index contributed by atoms with van der Waals surface area (Å²) in [5, 5.41) is 0. The molecule has 0 aliphatic heterocycles. The summed E-state index contributed by atoms with van der Waals surface area (Å²) in [6.45, 7) is 2.15. The Balaban J connectivity index is 0.000000188. The van der Waals surface area contributed by atoms with Gasteiger partial charge in [-0.25, -0.2) is 6.08 Å². The number of allylic oxidation sites excluding steroid dienone is 4. The first-order chi connectivity index (χ1) is 16.7. The molecule has 0 spiro atoms. The van der Waals surface area contributed by atoms with Gasteiger partial charge < -0.3 is 24.8 Å². The van der Waals surface area contributed by atoms with Crippen molar-refractivity contribution in [1.29, 1.82) is 0 Å². The second-order valence-corrected chi connectivity index (χ2v) is 9.38. The van der Waals surface area contributed by atoms with Crippen LogP contribution < -0.4 is 24.8 Å². The molecule has 36 heavy (non-hydrogen) atoms. The zero-order chi connectivity index (χ0) is 23.6. The molecule has 0 radical (unpaired) electrons. The summed E-state index contributed by atoms with van der Waals surface area (Å²) in [5.41, 5.74) is 9.50. The SMILES string of the molecule is CC1[C-]=CC(c2ccccc2)=C1.[Cl-].[Cl-].[Zr+2]=[CH]Cc1ccccc1.[c-]1cccc2c1Cc1ccccc1-2. The van der Waals surface area contributed by atoms with Gasteiger partial charge in [-0.3, -0.25) is 6.08 Å². The van der Waals surface area contributed by atoms with Gasteiger partial charge in [0.2, 0.25) is 0 Å². The van der Waals surface area contributed by atoms with Gasteiger partial charge in [0, 0.05) is 0 Å². The predicted molar refractivity (Wildman–Crippen MR) is 141 cm³/mol. The van der Waals surface area contributed by atoms with Crippen LogP contribution in [0.1, 0.15) is 29.2 Å². The average molecular weight is 587 g/mol. The first kappa shape index (κ1) is 29.9. The van der Waals surface area contributed by atoms with E-state index in [0.717, 1.165) is 12.8 Å². The van der Waals surface area contributed by atoms with E-state index in [4.69, 9.17) is 0 Å². The monoisotopic (exact) mass is 584 g/mol. The first-order valence-electron chi connectivity index (χ1n) is 11.7. The Kier molecular flexibility index (Phi) is 13.1. The standard InChI is InChI=1S/C13H9.C12H11.C8H8.2ClH.Zr/c1-3-7-12-10(5-1)9-11-6-2-4-8-13(11)12;1-10-7-8-12(9-10)11-5-3-2-4-6-11;1-2-8-6-4-3-5-7-8;;;/h1-5,7-8H,9H2;2-6,8-10H,1H3;1,3-7H,2H2;2*1H;/q2*-1;;;;+2/p-2. The maximum Gasteiger partial charge on any atom is -0.0253 e. The second-order valence-electron chi connectivity index (χ2n) is 8.38. The number of halogens is 2. The van der Waals surface area contributed by atoms with Crippen molar-refractivity contribution in [3.8, 4) is 11.1 Å². The summed E-state index contributed by atoms with van der Waals surface area (Å²) >= 11 is 1.51. The van der Waals surface area contributed by atoms with E-state index < -0.39 is 0 Å². The molecule has 0 amide bonds. The van der Waals surface area contributed by atoms with Crippen LogP contribution in [0.2, 0.25) is 0 Å². The molecule has 0 aromatic heterocycles. The van der Waals surface area contributed by atoms with Gasteiger partial charge in [-0.2, -0.15) is 41.5 Å². The minimum atomic E-state index is 0. The quantitative estimate of drug-likeness (QED) is 0.283. The van der Waals surface area contributed by atoms with Crippen molar-refractivity contribution in [3.63, 3.8) is 0 Å². The van der Waals surface area contributed by atoms with E-state index in [1.165, 1.54) is 63.2 Å². The van der Waals surface area contributed by atoms with E-state index in [0.29, 0.717) is 5.92 Å². The fourth-order valence-corrected chi connectivity index (χ4v) is 4.71. The third-order valence-electron chi connectivity index (χ3n) is 5.84. The summed E-state index contributed by atoms with van der Waals surface area (Å²) in [4.78, 5) is 0. The van der Waals surface area contributed by atoms with E-state index >= 15 is 0 Å². The molecular weight excluding hydrogens is 558 g/mol. The molecule has 6 rings (SSSR count). The Labute approximate surface area is 243 Å². The predicted octanol–water partition coefficient (Wildman–Crippen LogP) is 1.72. The molecule has 0 heterocycles. The molecule has 0 N–H and O–H groups in total. The largest absolute Gasteiger partial charge is 0.179 e. The normalized spacial score (nSPS) is 13.8. The molecule has 1 unspecified atom stereocenters. The van der Waals surface area contributed by atoms with Crippen molar-refractivity contribution in [1.82, 2.24) is 0 Å². The van der Waals surface area contributed by atoms with Crippen molar-refractivity contribution < 1.29 is 49.0 Å². The Morgan fingerprint density at radius 3 is 2.11 bits per heavy atom. The van der Waals surface area contributed by atoms with E-state index in [9.17, 15) is 0 Å². The molecule has 3 heteroatoms. The molecule has 180 valence electrons. The summed E-state index contributed by atoms with van der Waals surface area (Å²) < 4.78 is 2.25. The van der Waals surface area contributed by atoms with Crippen LogP contribution >= 0.6 is 0 Å². The van der Waals surface area contributed by atoms with Crippen LogP contribution in [-0.4, -0.2) is 3.71 Å². The van der Waals surface area contributed by atoms with Gasteiger partial charge in [0.15, 0.2) is 0 Å². The molecular formula is C33H28Cl2Zr-2. The third kappa shape index (κ3) is 8.38. The van der Waals surface area contributed by atoms with Gasteiger partial charge in [-0.15, -0.1) is 11.1 Å². The number of rotatable bonds is 3. The Morgan fingerprint density at radius 1 is 0.806 bits per heavy atom. The Morgan fingerprint density at radius 2 is 1.44 bits per heavy atom. The van der Waals surface area contributed by atoms with Crippen LogP contribution in [0.15, 0.2) is 115 Å². The minimum Gasteiger partial charge on any atom is -0.179 e. The third-order valence-corrected chi connectivity index (χ3v) is 6.34. The molecule has 0 saturated carbocycles. The van der Waals surface area contributed by atoms with Crippen LogP contribution in [-0.2, 0) is 37.1 Å². The van der Waals surface area contributed by atoms with Crippen LogP contribution in [0, 0.1) is 18.1 Å². The molecule has 0 saturated heterocycles. The molecule has 2 aliphatic carbocycles. The van der Waals surface area contributed by atoms with Gasteiger partial charge in [-0.1, -0.05) is 78.6 Å². The van der Waals surface area contributed by atoms with E-state index in [2.05, 4.69) is 120 Å². The number of hydrogen-bond acceptors (Lipinski definition) is 0. The summed E-state index contributed by atoms with van der Waals surface area (Å²) in [6, 6.07) is 39.0. The van der Waals surface area contributed by atoms with Crippen molar-refractivity contribution >= 4 is 9.28 Å². The Bertz CT molecular complexity index is 1230. The second kappa shape index (κ2) is 15.7. The van der Waals surface area contributed by atoms with Crippen molar-refractivity contribution in [2.24, 2.45) is 5.92 Å². The zero-order valence-electron chi connectivity index (χ0n) is 20.3. The van der Waals surface area contributed by atoms with E-state index in [-0.39, 0.29) is 24.8 Å². The molecule has 0 nitrogen and oxygen atoms in total. The topological polar surface area (TPSA) is 0 Å². The van der Waals surface area contributed by atoms with E-state index in [1.54, 1.807) is 0 Å². The van der Waals surface area contributed by atoms with Crippen LogP contribution in [0.25, 0.3) is 16.7 Å². The van der Waals surface area contributed by atoms with Gasteiger partial charge in [0.25, 0.3) is 0 Å².